The topological polar surface area (TPSA) is 102 Å². The predicted octanol–water partition coefficient (Wildman–Crippen LogP) is 0.905. The second kappa shape index (κ2) is 6.41. The van der Waals surface area contributed by atoms with Gasteiger partial charge in [0.05, 0.1) is 30.7 Å². The van der Waals surface area contributed by atoms with E-state index in [2.05, 4.69) is 15.2 Å². The molecule has 0 radical (unpaired) electrons. The summed E-state index contributed by atoms with van der Waals surface area (Å²) in [5.41, 5.74) is 1.92. The lowest BCUT2D eigenvalue weighted by atomic mass is 10.1. The summed E-state index contributed by atoms with van der Waals surface area (Å²) in [5.74, 6) is 1.03. The van der Waals surface area contributed by atoms with Crippen LogP contribution in [-0.2, 0) is 26.6 Å². The quantitative estimate of drug-likeness (QED) is 0.745. The molecule has 4 heterocycles. The minimum atomic E-state index is -0.901. The van der Waals surface area contributed by atoms with Gasteiger partial charge in [-0.15, -0.1) is 0 Å². The highest BCUT2D eigenvalue weighted by Gasteiger charge is 2.28. The number of carbonyl (C=O) groups excluding carboxylic acids is 1. The molecule has 1 atom stereocenters. The summed E-state index contributed by atoms with van der Waals surface area (Å²) in [6, 6.07) is 1.83. The third-order valence-corrected chi connectivity index (χ3v) is 4.68. The van der Waals surface area contributed by atoms with Gasteiger partial charge in [-0.05, 0) is 6.07 Å². The van der Waals surface area contributed by atoms with Gasteiger partial charge in [-0.1, -0.05) is 12.1 Å². The van der Waals surface area contributed by atoms with E-state index in [9.17, 15) is 9.90 Å². The van der Waals surface area contributed by atoms with Gasteiger partial charge in [0, 0.05) is 32.4 Å². The van der Waals surface area contributed by atoms with E-state index >= 15 is 0 Å². The van der Waals surface area contributed by atoms with Crippen LogP contribution in [0.15, 0.2) is 29.2 Å². The minimum absolute atomic E-state index is 0.0956. The van der Waals surface area contributed by atoms with Crippen molar-refractivity contribution >= 4 is 5.91 Å². The maximum absolute atomic E-state index is 12.8. The van der Waals surface area contributed by atoms with E-state index in [1.165, 1.54) is 6.20 Å². The van der Waals surface area contributed by atoms with Gasteiger partial charge in [0.25, 0.3) is 5.91 Å². The van der Waals surface area contributed by atoms with Crippen LogP contribution in [0.5, 0.6) is 0 Å². The van der Waals surface area contributed by atoms with E-state index < -0.39 is 6.10 Å². The van der Waals surface area contributed by atoms with Gasteiger partial charge in [-0.25, -0.2) is 4.98 Å². The molecule has 1 amide bonds. The van der Waals surface area contributed by atoms with Crippen molar-refractivity contribution in [3.63, 3.8) is 0 Å². The molecule has 0 aromatic carbocycles. The van der Waals surface area contributed by atoms with Crippen molar-refractivity contribution in [3.8, 4) is 0 Å². The summed E-state index contributed by atoms with van der Waals surface area (Å²) in [4.78, 5) is 18.7. The first-order valence-electron chi connectivity index (χ1n) is 8.53. The highest BCUT2D eigenvalue weighted by atomic mass is 16.5. The number of hydrogen-bond donors (Lipinski definition) is 1. The molecule has 0 saturated heterocycles. The van der Waals surface area contributed by atoms with Gasteiger partial charge < -0.3 is 19.1 Å². The molecule has 136 valence electrons. The van der Waals surface area contributed by atoms with Crippen molar-refractivity contribution in [1.29, 1.82) is 0 Å². The van der Waals surface area contributed by atoms with Crippen LogP contribution in [0, 0.1) is 0 Å². The number of nitrogens with zero attached hydrogens (tertiary/aromatic N) is 6. The van der Waals surface area contributed by atoms with Crippen LogP contribution in [0.25, 0.3) is 0 Å². The largest absolute Gasteiger partial charge is 0.379 e. The van der Waals surface area contributed by atoms with Gasteiger partial charge in [0.15, 0.2) is 6.10 Å². The lowest BCUT2D eigenvalue weighted by Crippen LogP contribution is -2.38. The van der Waals surface area contributed by atoms with Gasteiger partial charge in [0.2, 0.25) is 0 Å². The molecule has 1 aliphatic heterocycles. The lowest BCUT2D eigenvalue weighted by Gasteiger charge is -2.27. The zero-order valence-electron chi connectivity index (χ0n) is 14.7. The summed E-state index contributed by atoms with van der Waals surface area (Å²) < 4.78 is 8.72. The average molecular weight is 356 g/mol. The number of aliphatic hydroxyl groups is 1. The number of hydrogen-bond acceptors (Lipinski definition) is 6. The smallest absolute Gasteiger partial charge is 0.259 e. The number of amides is 1. The molecule has 26 heavy (non-hydrogen) atoms. The Morgan fingerprint density at radius 1 is 1.42 bits per heavy atom. The van der Waals surface area contributed by atoms with Crippen LogP contribution in [-0.4, -0.2) is 46.9 Å². The molecule has 0 saturated carbocycles. The summed E-state index contributed by atoms with van der Waals surface area (Å²) in [6.45, 7) is 3.46. The number of fused-ring (bicyclic) bond motifs is 1. The molecule has 1 N–H and O–H groups in total. The van der Waals surface area contributed by atoms with Crippen molar-refractivity contribution in [2.24, 2.45) is 7.05 Å². The number of rotatable bonds is 4. The average Bonchev–Trinajstić information content (AvgIpc) is 3.38. The summed E-state index contributed by atoms with van der Waals surface area (Å²) in [6.07, 6.45) is 4.61. The molecule has 0 bridgehead atoms. The van der Waals surface area contributed by atoms with E-state index in [0.29, 0.717) is 48.9 Å². The van der Waals surface area contributed by atoms with Crippen LogP contribution in [0.3, 0.4) is 0 Å². The van der Waals surface area contributed by atoms with E-state index in [1.54, 1.807) is 21.9 Å². The number of aliphatic hydroxyl groups excluding tert-OH is 1. The fraction of sp³-hybridized carbons (Fsp3) is 0.412. The van der Waals surface area contributed by atoms with E-state index in [0.717, 1.165) is 5.69 Å². The van der Waals surface area contributed by atoms with Crippen LogP contribution in [0.4, 0.5) is 0 Å². The van der Waals surface area contributed by atoms with E-state index in [1.807, 2.05) is 24.7 Å². The van der Waals surface area contributed by atoms with Gasteiger partial charge >= 0.3 is 0 Å². The molecule has 4 rings (SSSR count). The standard InChI is InChI=1S/C17H20N6O3/c1-3-14-12(9-19-26-14)17(25)22-6-7-23-11(10-22)8-13(20-23)15(24)16-18-4-5-21(16)2/h4-5,8-9,15,24H,3,6-7,10H2,1-2H3. The molecule has 0 aliphatic carbocycles. The third-order valence-electron chi connectivity index (χ3n) is 4.68. The van der Waals surface area contributed by atoms with Crippen LogP contribution >= 0.6 is 0 Å². The zero-order chi connectivity index (χ0) is 18.3. The SMILES string of the molecule is CCc1oncc1C(=O)N1CCn2nc(C(O)c3nccn3C)cc2C1. The van der Waals surface area contributed by atoms with Crippen molar-refractivity contribution in [2.75, 3.05) is 6.54 Å². The highest BCUT2D eigenvalue weighted by Crippen LogP contribution is 2.23. The fourth-order valence-electron chi connectivity index (χ4n) is 3.23. The molecule has 0 spiro atoms. The van der Waals surface area contributed by atoms with E-state index in [4.69, 9.17) is 4.52 Å². The van der Waals surface area contributed by atoms with Gasteiger partial charge in [-0.2, -0.15) is 5.10 Å². The number of carbonyl (C=O) groups is 1. The molecule has 9 heteroatoms. The molecular weight excluding hydrogens is 336 g/mol. The van der Waals surface area contributed by atoms with Crippen LogP contribution < -0.4 is 0 Å². The fourth-order valence-corrected chi connectivity index (χ4v) is 3.23. The normalized spacial score (nSPS) is 15.1. The lowest BCUT2D eigenvalue weighted by molar-refractivity contribution is 0.0703. The Bertz CT molecular complexity index is 940. The molecule has 1 aliphatic rings. The molecule has 9 nitrogen and oxygen atoms in total. The predicted molar refractivity (Wildman–Crippen MR) is 90.1 cm³/mol. The Labute approximate surface area is 149 Å². The summed E-state index contributed by atoms with van der Waals surface area (Å²) in [5, 5.41) is 18.8. The number of aromatic nitrogens is 5. The summed E-state index contributed by atoms with van der Waals surface area (Å²) in [7, 11) is 1.83. The maximum Gasteiger partial charge on any atom is 0.259 e. The van der Waals surface area contributed by atoms with Gasteiger partial charge in [-0.3, -0.25) is 9.48 Å². The second-order valence-corrected chi connectivity index (χ2v) is 6.33. The second-order valence-electron chi connectivity index (χ2n) is 6.33. The molecule has 1 unspecified atom stereocenters. The molecular formula is C17H20N6O3. The first-order chi connectivity index (χ1) is 12.6. The maximum atomic E-state index is 12.8. The van der Waals surface area contributed by atoms with Crippen LogP contribution in [0.1, 0.15) is 46.4 Å². The van der Waals surface area contributed by atoms with Crippen molar-refractivity contribution in [3.05, 3.63) is 53.2 Å². The molecule has 0 fully saturated rings. The van der Waals surface area contributed by atoms with Crippen molar-refractivity contribution in [2.45, 2.75) is 32.5 Å². The minimum Gasteiger partial charge on any atom is -0.379 e. The Morgan fingerprint density at radius 3 is 3.00 bits per heavy atom. The van der Waals surface area contributed by atoms with Crippen molar-refractivity contribution < 1.29 is 14.4 Å². The zero-order valence-corrected chi connectivity index (χ0v) is 14.7. The summed E-state index contributed by atoms with van der Waals surface area (Å²) >= 11 is 0. The van der Waals surface area contributed by atoms with Crippen LogP contribution in [0.2, 0.25) is 0 Å². The monoisotopic (exact) mass is 356 g/mol. The van der Waals surface area contributed by atoms with Crippen molar-refractivity contribution in [1.82, 2.24) is 29.4 Å². The van der Waals surface area contributed by atoms with Gasteiger partial charge in [0.1, 0.15) is 17.1 Å². The Hall–Kier alpha value is -2.94. The molecule has 3 aromatic heterocycles. The molecule has 3 aromatic rings. The highest BCUT2D eigenvalue weighted by molar-refractivity contribution is 5.94. The number of aryl methyl sites for hydroxylation is 2. The number of imidazole rings is 1. The first kappa shape index (κ1) is 16.5. The first-order valence-corrected chi connectivity index (χ1v) is 8.53. The third kappa shape index (κ3) is 2.70. The Morgan fingerprint density at radius 2 is 2.27 bits per heavy atom. The Kier molecular flexibility index (Phi) is 4.08. The van der Waals surface area contributed by atoms with E-state index in [-0.39, 0.29) is 5.91 Å². The Balaban J connectivity index is 1.55.